The van der Waals surface area contributed by atoms with Gasteiger partial charge in [0.05, 0.1) is 41.6 Å². The lowest BCUT2D eigenvalue weighted by molar-refractivity contribution is 0.0962. The largest absolute Gasteiger partial charge is 0.507 e. The Kier molecular flexibility index (Phi) is 9.09. The molecule has 2 aliphatic rings. The Hall–Kier alpha value is -2.93. The summed E-state index contributed by atoms with van der Waals surface area (Å²) in [5.74, 6) is 1.79. The van der Waals surface area contributed by atoms with Crippen molar-refractivity contribution in [2.75, 3.05) is 45.3 Å². The SMILES string of the molecule is COc1cc(O)c(C(c2cccc(C(=O)CC3CCCC3)c2)N2CCN(c3cccc(Cl)c3Cl)CC2)c(OC)c1. The van der Waals surface area contributed by atoms with Crippen molar-refractivity contribution < 1.29 is 19.4 Å². The molecule has 1 atom stereocenters. The summed E-state index contributed by atoms with van der Waals surface area (Å²) in [5, 5.41) is 12.4. The van der Waals surface area contributed by atoms with E-state index in [4.69, 9.17) is 32.7 Å². The number of piperazine rings is 1. The lowest BCUT2D eigenvalue weighted by Gasteiger charge is -2.41. The number of methoxy groups -OCH3 is 2. The minimum Gasteiger partial charge on any atom is -0.507 e. The van der Waals surface area contributed by atoms with Gasteiger partial charge in [-0.3, -0.25) is 9.69 Å². The van der Waals surface area contributed by atoms with Gasteiger partial charge in [0.15, 0.2) is 5.78 Å². The third-order valence-corrected chi connectivity index (χ3v) is 9.06. The molecule has 40 heavy (non-hydrogen) atoms. The van der Waals surface area contributed by atoms with Crippen molar-refractivity contribution >= 4 is 34.7 Å². The third-order valence-electron chi connectivity index (χ3n) is 8.25. The highest BCUT2D eigenvalue weighted by atomic mass is 35.5. The number of halogens is 2. The Morgan fingerprint density at radius 2 is 1.70 bits per heavy atom. The second-order valence-electron chi connectivity index (χ2n) is 10.7. The minimum atomic E-state index is -0.336. The predicted octanol–water partition coefficient (Wildman–Crippen LogP) is 7.39. The van der Waals surface area contributed by atoms with E-state index in [-0.39, 0.29) is 17.6 Å². The van der Waals surface area contributed by atoms with E-state index in [0.29, 0.717) is 58.1 Å². The van der Waals surface area contributed by atoms with Gasteiger partial charge in [-0.2, -0.15) is 0 Å². The predicted molar refractivity (Wildman–Crippen MR) is 161 cm³/mol. The van der Waals surface area contributed by atoms with E-state index >= 15 is 0 Å². The molecular formula is C32H36Cl2N2O4. The fourth-order valence-electron chi connectivity index (χ4n) is 6.14. The van der Waals surface area contributed by atoms with Crippen LogP contribution in [-0.2, 0) is 0 Å². The number of carbonyl (C=O) groups excluding carboxylic acids is 1. The highest BCUT2D eigenvalue weighted by Gasteiger charge is 2.32. The van der Waals surface area contributed by atoms with Gasteiger partial charge in [0, 0.05) is 50.3 Å². The number of benzene rings is 3. The number of phenols is 1. The van der Waals surface area contributed by atoms with E-state index in [1.807, 2.05) is 36.4 Å². The minimum absolute atomic E-state index is 0.0872. The summed E-state index contributed by atoms with van der Waals surface area (Å²) in [6, 6.07) is 16.6. The molecule has 0 spiro atoms. The number of hydrogen-bond donors (Lipinski definition) is 1. The Bertz CT molecular complexity index is 1350. The lowest BCUT2D eigenvalue weighted by Crippen LogP contribution is -2.48. The highest BCUT2D eigenvalue weighted by Crippen LogP contribution is 2.44. The molecule has 0 aromatic heterocycles. The van der Waals surface area contributed by atoms with Crippen molar-refractivity contribution in [1.29, 1.82) is 0 Å². The van der Waals surface area contributed by atoms with E-state index < -0.39 is 0 Å². The molecule has 0 radical (unpaired) electrons. The molecule has 1 aliphatic carbocycles. The molecule has 1 saturated carbocycles. The average molecular weight is 584 g/mol. The van der Waals surface area contributed by atoms with Gasteiger partial charge in [-0.15, -0.1) is 0 Å². The van der Waals surface area contributed by atoms with Crippen molar-refractivity contribution in [2.45, 2.75) is 38.1 Å². The van der Waals surface area contributed by atoms with Crippen LogP contribution in [0.5, 0.6) is 17.2 Å². The summed E-state index contributed by atoms with van der Waals surface area (Å²) >= 11 is 12.8. The van der Waals surface area contributed by atoms with E-state index in [1.165, 1.54) is 12.8 Å². The normalized spacial score (nSPS) is 17.1. The monoisotopic (exact) mass is 582 g/mol. The van der Waals surface area contributed by atoms with Crippen LogP contribution in [0.1, 0.15) is 59.6 Å². The number of anilines is 1. The van der Waals surface area contributed by atoms with Crippen LogP contribution < -0.4 is 14.4 Å². The maximum Gasteiger partial charge on any atom is 0.163 e. The quantitative estimate of drug-likeness (QED) is 0.265. The standard InChI is InChI=1S/C32H36Cl2N2O4/c1-39-24-19-28(38)30(29(20-24)40-2)32(23-10-5-9-22(18-23)27(37)17-21-7-3-4-8-21)36-15-13-35(14-16-36)26-12-6-11-25(33)31(26)34/h5-6,9-12,18-21,32,38H,3-4,7-8,13-17H2,1-2H3. The van der Waals surface area contributed by atoms with Crippen LogP contribution in [0.3, 0.4) is 0 Å². The number of ether oxygens (including phenoxy) is 2. The topological polar surface area (TPSA) is 62.2 Å². The summed E-state index contributed by atoms with van der Waals surface area (Å²) in [6.45, 7) is 2.83. The summed E-state index contributed by atoms with van der Waals surface area (Å²) in [7, 11) is 3.15. The van der Waals surface area contributed by atoms with Crippen molar-refractivity contribution in [2.24, 2.45) is 5.92 Å². The van der Waals surface area contributed by atoms with Gasteiger partial charge in [0.25, 0.3) is 0 Å². The number of hydrogen-bond acceptors (Lipinski definition) is 6. The second-order valence-corrected chi connectivity index (χ2v) is 11.4. The maximum atomic E-state index is 13.3. The zero-order valence-electron chi connectivity index (χ0n) is 23.0. The van der Waals surface area contributed by atoms with E-state index in [1.54, 1.807) is 32.4 Å². The van der Waals surface area contributed by atoms with Crippen LogP contribution in [0.2, 0.25) is 10.0 Å². The van der Waals surface area contributed by atoms with Crippen molar-refractivity contribution in [3.05, 3.63) is 81.3 Å². The van der Waals surface area contributed by atoms with Gasteiger partial charge in [0.1, 0.15) is 17.2 Å². The first-order chi connectivity index (χ1) is 19.4. The molecule has 1 aliphatic heterocycles. The van der Waals surface area contributed by atoms with Crippen molar-refractivity contribution in [1.82, 2.24) is 4.90 Å². The van der Waals surface area contributed by atoms with Crippen LogP contribution >= 0.6 is 23.2 Å². The zero-order chi connectivity index (χ0) is 28.2. The number of rotatable bonds is 9. The highest BCUT2D eigenvalue weighted by molar-refractivity contribution is 6.43. The fourth-order valence-corrected chi connectivity index (χ4v) is 6.56. The first-order valence-electron chi connectivity index (χ1n) is 13.9. The van der Waals surface area contributed by atoms with Crippen LogP contribution in [0.15, 0.2) is 54.6 Å². The Morgan fingerprint density at radius 1 is 0.975 bits per heavy atom. The van der Waals surface area contributed by atoms with Gasteiger partial charge < -0.3 is 19.5 Å². The second kappa shape index (κ2) is 12.7. The molecular weight excluding hydrogens is 547 g/mol. The van der Waals surface area contributed by atoms with E-state index in [9.17, 15) is 9.90 Å². The van der Waals surface area contributed by atoms with Crippen LogP contribution in [0.25, 0.3) is 0 Å². The summed E-state index contributed by atoms with van der Waals surface area (Å²) in [4.78, 5) is 17.8. The number of aromatic hydroxyl groups is 1. The van der Waals surface area contributed by atoms with Crippen molar-refractivity contribution in [3.8, 4) is 17.2 Å². The maximum absolute atomic E-state index is 13.3. The molecule has 212 valence electrons. The molecule has 0 bridgehead atoms. The molecule has 1 heterocycles. The van der Waals surface area contributed by atoms with Gasteiger partial charge in [-0.1, -0.05) is 73.2 Å². The first-order valence-corrected chi connectivity index (χ1v) is 14.7. The first kappa shape index (κ1) is 28.6. The number of nitrogens with zero attached hydrogens (tertiary/aromatic N) is 2. The van der Waals surface area contributed by atoms with Gasteiger partial charge in [0.2, 0.25) is 0 Å². The number of ketones is 1. The number of Topliss-reactive ketones (excluding diaryl/α,β-unsaturated/α-hetero) is 1. The lowest BCUT2D eigenvalue weighted by atomic mass is 9.91. The van der Waals surface area contributed by atoms with Crippen LogP contribution in [0.4, 0.5) is 5.69 Å². The smallest absolute Gasteiger partial charge is 0.163 e. The summed E-state index contributed by atoms with van der Waals surface area (Å²) in [6.07, 6.45) is 5.27. The molecule has 5 rings (SSSR count). The Morgan fingerprint density at radius 3 is 2.40 bits per heavy atom. The number of phenolic OH excluding ortho intramolecular Hbond substituents is 1. The molecule has 3 aromatic carbocycles. The fraction of sp³-hybridized carbons (Fsp3) is 0.406. The van der Waals surface area contributed by atoms with E-state index in [2.05, 4.69) is 9.80 Å². The average Bonchev–Trinajstić information content (AvgIpc) is 3.49. The molecule has 1 N–H and O–H groups in total. The van der Waals surface area contributed by atoms with Gasteiger partial charge in [-0.05, 0) is 29.7 Å². The summed E-state index contributed by atoms with van der Waals surface area (Å²) in [5.41, 5.74) is 3.21. The molecule has 0 amide bonds. The van der Waals surface area contributed by atoms with Crippen LogP contribution in [-0.4, -0.2) is 56.2 Å². The molecule has 8 heteroatoms. The number of carbonyl (C=O) groups is 1. The molecule has 2 fully saturated rings. The van der Waals surface area contributed by atoms with Gasteiger partial charge in [-0.25, -0.2) is 0 Å². The zero-order valence-corrected chi connectivity index (χ0v) is 24.5. The molecule has 3 aromatic rings. The molecule has 6 nitrogen and oxygen atoms in total. The Balaban J connectivity index is 1.49. The third kappa shape index (κ3) is 6.04. The Labute approximate surface area is 246 Å². The molecule has 1 unspecified atom stereocenters. The van der Waals surface area contributed by atoms with Gasteiger partial charge >= 0.3 is 0 Å². The van der Waals surface area contributed by atoms with Crippen molar-refractivity contribution in [3.63, 3.8) is 0 Å². The summed E-state index contributed by atoms with van der Waals surface area (Å²) < 4.78 is 11.2. The van der Waals surface area contributed by atoms with E-state index in [0.717, 1.165) is 37.2 Å². The van der Waals surface area contributed by atoms with Crippen LogP contribution in [0, 0.1) is 5.92 Å². The molecule has 1 saturated heterocycles.